The van der Waals surface area contributed by atoms with Gasteiger partial charge in [0, 0.05) is 12.6 Å². The second-order valence-electron chi connectivity index (χ2n) is 6.44. The van der Waals surface area contributed by atoms with Crippen LogP contribution in [0.4, 0.5) is 0 Å². The van der Waals surface area contributed by atoms with Gasteiger partial charge in [-0.3, -0.25) is 4.79 Å². The third kappa shape index (κ3) is 4.01. The van der Waals surface area contributed by atoms with Crippen LogP contribution in [-0.2, 0) is 0 Å². The lowest BCUT2D eigenvalue weighted by Gasteiger charge is -2.26. The van der Waals surface area contributed by atoms with Crippen molar-refractivity contribution in [3.05, 3.63) is 60.2 Å². The summed E-state index contributed by atoms with van der Waals surface area (Å²) in [6.45, 7) is 1.97. The van der Waals surface area contributed by atoms with E-state index in [1.807, 2.05) is 31.2 Å². The molecule has 0 aliphatic carbocycles. The van der Waals surface area contributed by atoms with Gasteiger partial charge in [0.15, 0.2) is 11.5 Å². The lowest BCUT2D eigenvalue weighted by atomic mass is 10.1. The average Bonchev–Trinajstić information content (AvgIpc) is 3.31. The van der Waals surface area contributed by atoms with E-state index in [2.05, 4.69) is 10.1 Å². The first-order valence-corrected chi connectivity index (χ1v) is 9.02. The smallest absolute Gasteiger partial charge is 0.254 e. The summed E-state index contributed by atoms with van der Waals surface area (Å²) in [7, 11) is 6.34. The molecule has 0 aliphatic heterocycles. The minimum atomic E-state index is -0.155. The van der Waals surface area contributed by atoms with Crippen LogP contribution in [0.1, 0.15) is 28.9 Å². The highest BCUT2D eigenvalue weighted by Gasteiger charge is 2.23. The van der Waals surface area contributed by atoms with Gasteiger partial charge in [-0.1, -0.05) is 12.1 Å². The zero-order chi connectivity index (χ0) is 21.0. The van der Waals surface area contributed by atoms with Crippen molar-refractivity contribution in [3.63, 3.8) is 0 Å². The maximum absolute atomic E-state index is 13.1. The third-order valence-electron chi connectivity index (χ3n) is 4.87. The Kier molecular flexibility index (Phi) is 6.01. The standard InChI is InChI=1S/C21H24N4O4/c1-14(15-6-8-17(9-7-15)25-13-22-12-23-25)24(2)21(26)16-10-18(27-3)20(29-5)19(11-16)28-4/h6-14H,1-5H3. The maximum Gasteiger partial charge on any atom is 0.254 e. The molecule has 1 aromatic heterocycles. The van der Waals surface area contributed by atoms with E-state index in [0.29, 0.717) is 22.8 Å². The summed E-state index contributed by atoms with van der Waals surface area (Å²) in [5, 5.41) is 4.12. The number of carbonyl (C=O) groups is 1. The first-order valence-electron chi connectivity index (χ1n) is 9.02. The number of aromatic nitrogens is 3. The summed E-state index contributed by atoms with van der Waals surface area (Å²) in [6.07, 6.45) is 3.12. The van der Waals surface area contributed by atoms with Crippen LogP contribution in [-0.4, -0.2) is 53.9 Å². The van der Waals surface area contributed by atoms with Crippen LogP contribution in [0.5, 0.6) is 17.2 Å². The molecule has 0 spiro atoms. The van der Waals surface area contributed by atoms with Crippen molar-refractivity contribution in [2.45, 2.75) is 13.0 Å². The summed E-state index contributed by atoms with van der Waals surface area (Å²) in [4.78, 5) is 18.7. The Hall–Kier alpha value is -3.55. The van der Waals surface area contributed by atoms with Crippen LogP contribution >= 0.6 is 0 Å². The fraction of sp³-hybridized carbons (Fsp3) is 0.286. The Morgan fingerprint density at radius 3 is 2.14 bits per heavy atom. The SMILES string of the molecule is COc1cc(C(=O)N(C)C(C)c2ccc(-n3cncn3)cc2)cc(OC)c1OC. The summed E-state index contributed by atoms with van der Waals surface area (Å²) >= 11 is 0. The van der Waals surface area contributed by atoms with Gasteiger partial charge in [0.25, 0.3) is 5.91 Å². The van der Waals surface area contributed by atoms with Crippen LogP contribution in [0.15, 0.2) is 49.1 Å². The van der Waals surface area contributed by atoms with E-state index >= 15 is 0 Å². The van der Waals surface area contributed by atoms with Gasteiger partial charge in [-0.25, -0.2) is 9.67 Å². The molecule has 0 radical (unpaired) electrons. The molecule has 1 atom stereocenters. The molecule has 8 heteroatoms. The van der Waals surface area contributed by atoms with Gasteiger partial charge in [0.1, 0.15) is 12.7 Å². The van der Waals surface area contributed by atoms with Crippen molar-refractivity contribution >= 4 is 5.91 Å². The molecule has 3 rings (SSSR count). The molecule has 29 heavy (non-hydrogen) atoms. The highest BCUT2D eigenvalue weighted by molar-refractivity contribution is 5.95. The molecule has 0 fully saturated rings. The number of nitrogens with zero attached hydrogens (tertiary/aromatic N) is 4. The normalized spacial score (nSPS) is 11.6. The first-order chi connectivity index (χ1) is 14.0. The molecule has 3 aromatic rings. The van der Waals surface area contributed by atoms with Gasteiger partial charge in [0.2, 0.25) is 5.75 Å². The summed E-state index contributed by atoms with van der Waals surface area (Å²) in [6, 6.07) is 11.0. The zero-order valence-corrected chi connectivity index (χ0v) is 17.1. The second kappa shape index (κ2) is 8.64. The zero-order valence-electron chi connectivity index (χ0n) is 17.1. The predicted molar refractivity (Wildman–Crippen MR) is 108 cm³/mol. The number of benzene rings is 2. The molecule has 8 nitrogen and oxygen atoms in total. The van der Waals surface area contributed by atoms with Crippen LogP contribution < -0.4 is 14.2 Å². The van der Waals surface area contributed by atoms with E-state index in [1.165, 1.54) is 27.7 Å². The van der Waals surface area contributed by atoms with Crippen LogP contribution in [0, 0.1) is 0 Å². The van der Waals surface area contributed by atoms with E-state index in [-0.39, 0.29) is 11.9 Å². The number of hydrogen-bond donors (Lipinski definition) is 0. The molecule has 0 aliphatic rings. The van der Waals surface area contributed by atoms with Gasteiger partial charge < -0.3 is 19.1 Å². The van der Waals surface area contributed by atoms with Gasteiger partial charge >= 0.3 is 0 Å². The van der Waals surface area contributed by atoms with E-state index in [1.54, 1.807) is 35.1 Å². The topological polar surface area (TPSA) is 78.7 Å². The molecular weight excluding hydrogens is 372 g/mol. The third-order valence-corrected chi connectivity index (χ3v) is 4.87. The van der Waals surface area contributed by atoms with Gasteiger partial charge in [-0.15, -0.1) is 0 Å². The largest absolute Gasteiger partial charge is 0.493 e. The van der Waals surface area contributed by atoms with Gasteiger partial charge in [-0.2, -0.15) is 5.10 Å². The van der Waals surface area contributed by atoms with Crippen molar-refractivity contribution < 1.29 is 19.0 Å². The van der Waals surface area contributed by atoms with Gasteiger partial charge in [-0.05, 0) is 36.8 Å². The molecule has 0 bridgehead atoms. The number of methoxy groups -OCH3 is 3. The molecule has 1 amide bonds. The fourth-order valence-corrected chi connectivity index (χ4v) is 3.05. The number of amides is 1. The molecule has 1 heterocycles. The minimum absolute atomic E-state index is 0.147. The number of hydrogen-bond acceptors (Lipinski definition) is 6. The predicted octanol–water partition coefficient (Wildman–Crippen LogP) is 3.13. The van der Waals surface area contributed by atoms with Crippen molar-refractivity contribution in [1.29, 1.82) is 0 Å². The van der Waals surface area contributed by atoms with Crippen LogP contribution in [0.25, 0.3) is 5.69 Å². The van der Waals surface area contributed by atoms with Crippen molar-refractivity contribution in [2.24, 2.45) is 0 Å². The average molecular weight is 396 g/mol. The molecule has 152 valence electrons. The summed E-state index contributed by atoms with van der Waals surface area (Å²) < 4.78 is 17.7. The second-order valence-corrected chi connectivity index (χ2v) is 6.44. The van der Waals surface area contributed by atoms with E-state index in [9.17, 15) is 4.79 Å². The van der Waals surface area contributed by atoms with E-state index < -0.39 is 0 Å². The molecule has 0 N–H and O–H groups in total. The monoisotopic (exact) mass is 396 g/mol. The molecule has 1 unspecified atom stereocenters. The van der Waals surface area contributed by atoms with E-state index in [0.717, 1.165) is 11.3 Å². The lowest BCUT2D eigenvalue weighted by Crippen LogP contribution is -2.29. The highest BCUT2D eigenvalue weighted by atomic mass is 16.5. The van der Waals surface area contributed by atoms with Crippen LogP contribution in [0.2, 0.25) is 0 Å². The van der Waals surface area contributed by atoms with Crippen molar-refractivity contribution in [2.75, 3.05) is 28.4 Å². The Balaban J connectivity index is 1.84. The molecule has 2 aromatic carbocycles. The summed E-state index contributed by atoms with van der Waals surface area (Å²) in [5.41, 5.74) is 2.35. The van der Waals surface area contributed by atoms with Crippen LogP contribution in [0.3, 0.4) is 0 Å². The Bertz CT molecular complexity index is 946. The molecule has 0 saturated carbocycles. The molecular formula is C21H24N4O4. The lowest BCUT2D eigenvalue weighted by molar-refractivity contribution is 0.0741. The first kappa shape index (κ1) is 20.2. The Morgan fingerprint density at radius 2 is 1.66 bits per heavy atom. The van der Waals surface area contributed by atoms with E-state index in [4.69, 9.17) is 14.2 Å². The van der Waals surface area contributed by atoms with Gasteiger partial charge in [0.05, 0.1) is 33.1 Å². The number of rotatable bonds is 7. The Morgan fingerprint density at radius 1 is 1.03 bits per heavy atom. The highest BCUT2D eigenvalue weighted by Crippen LogP contribution is 2.38. The fourth-order valence-electron chi connectivity index (χ4n) is 3.05. The maximum atomic E-state index is 13.1. The van der Waals surface area contributed by atoms with Crippen molar-refractivity contribution in [1.82, 2.24) is 19.7 Å². The number of carbonyl (C=O) groups excluding carboxylic acids is 1. The Labute approximate surface area is 169 Å². The summed E-state index contributed by atoms with van der Waals surface area (Å²) in [5.74, 6) is 1.17. The quantitative estimate of drug-likeness (QED) is 0.611. The minimum Gasteiger partial charge on any atom is -0.493 e. The number of ether oxygens (including phenoxy) is 3. The van der Waals surface area contributed by atoms with Crippen molar-refractivity contribution in [3.8, 4) is 22.9 Å². The molecule has 0 saturated heterocycles.